The van der Waals surface area contributed by atoms with Gasteiger partial charge < -0.3 is 11.1 Å². The van der Waals surface area contributed by atoms with Crippen molar-refractivity contribution in [3.8, 4) is 0 Å². The van der Waals surface area contributed by atoms with E-state index in [2.05, 4.69) is 37.4 Å². The van der Waals surface area contributed by atoms with E-state index in [4.69, 9.17) is 5.73 Å². The van der Waals surface area contributed by atoms with Crippen LogP contribution < -0.4 is 11.1 Å². The Bertz CT molecular complexity index is 602. The van der Waals surface area contributed by atoms with Crippen LogP contribution in [0.15, 0.2) is 42.5 Å². The Hall–Kier alpha value is -1.87. The first-order valence-corrected chi connectivity index (χ1v) is 7.56. The minimum absolute atomic E-state index is 0.0439. The first kappa shape index (κ1) is 15.5. The zero-order valence-corrected chi connectivity index (χ0v) is 12.8. The number of nitrogens with one attached hydrogen (secondary N) is 1. The Labute approximate surface area is 126 Å². The highest BCUT2D eigenvalue weighted by Gasteiger charge is 2.13. The Morgan fingerprint density at radius 1 is 1.14 bits per heavy atom. The number of fused-ring (bicyclic) bond motifs is 1. The van der Waals surface area contributed by atoms with E-state index in [9.17, 15) is 4.79 Å². The second-order valence-electron chi connectivity index (χ2n) is 5.94. The van der Waals surface area contributed by atoms with Gasteiger partial charge in [-0.25, -0.2) is 0 Å². The van der Waals surface area contributed by atoms with Crippen molar-refractivity contribution < 1.29 is 4.79 Å². The molecule has 0 radical (unpaired) electrons. The molecule has 3 nitrogen and oxygen atoms in total. The summed E-state index contributed by atoms with van der Waals surface area (Å²) < 4.78 is 0. The summed E-state index contributed by atoms with van der Waals surface area (Å²) >= 11 is 0. The molecular weight excluding hydrogens is 260 g/mol. The summed E-state index contributed by atoms with van der Waals surface area (Å²) in [5.41, 5.74) is 6.80. The van der Waals surface area contributed by atoms with Crippen LogP contribution in [0, 0.1) is 5.92 Å². The molecule has 0 bridgehead atoms. The second-order valence-corrected chi connectivity index (χ2v) is 5.94. The van der Waals surface area contributed by atoms with Crippen LogP contribution in [0.1, 0.15) is 25.8 Å². The quantitative estimate of drug-likeness (QED) is 0.857. The van der Waals surface area contributed by atoms with Gasteiger partial charge in [0, 0.05) is 12.6 Å². The average molecular weight is 284 g/mol. The second kappa shape index (κ2) is 7.23. The van der Waals surface area contributed by atoms with Crippen molar-refractivity contribution in [1.29, 1.82) is 0 Å². The van der Waals surface area contributed by atoms with E-state index in [1.165, 1.54) is 5.39 Å². The number of carbonyl (C=O) groups excluding carboxylic acids is 1. The molecule has 0 aliphatic heterocycles. The summed E-state index contributed by atoms with van der Waals surface area (Å²) in [6.45, 7) is 4.76. The Morgan fingerprint density at radius 3 is 2.57 bits per heavy atom. The lowest BCUT2D eigenvalue weighted by molar-refractivity contribution is -0.121. The maximum Gasteiger partial charge on any atom is 0.224 e. The highest BCUT2D eigenvalue weighted by molar-refractivity contribution is 5.90. The van der Waals surface area contributed by atoms with Crippen LogP contribution in [0.4, 0.5) is 0 Å². The van der Waals surface area contributed by atoms with Crippen molar-refractivity contribution in [2.45, 2.75) is 32.7 Å². The van der Waals surface area contributed by atoms with Crippen LogP contribution in [0.5, 0.6) is 0 Å². The van der Waals surface area contributed by atoms with E-state index in [1.807, 2.05) is 24.3 Å². The number of carbonyl (C=O) groups is 1. The lowest BCUT2D eigenvalue weighted by Crippen LogP contribution is -2.41. The predicted molar refractivity (Wildman–Crippen MR) is 88.1 cm³/mol. The highest BCUT2D eigenvalue weighted by atomic mass is 16.1. The zero-order chi connectivity index (χ0) is 15.2. The monoisotopic (exact) mass is 284 g/mol. The number of hydrogen-bond donors (Lipinski definition) is 2. The molecular formula is C18H24N2O. The van der Waals surface area contributed by atoms with E-state index in [0.717, 1.165) is 17.4 Å². The number of hydrogen-bond acceptors (Lipinski definition) is 2. The van der Waals surface area contributed by atoms with Gasteiger partial charge >= 0.3 is 0 Å². The normalized spacial score (nSPS) is 12.6. The smallest absolute Gasteiger partial charge is 0.224 e. The van der Waals surface area contributed by atoms with E-state index in [1.54, 1.807) is 0 Å². The molecule has 112 valence electrons. The molecule has 0 saturated carbocycles. The molecule has 21 heavy (non-hydrogen) atoms. The number of rotatable bonds is 6. The third-order valence-corrected chi connectivity index (χ3v) is 3.64. The molecule has 0 saturated heterocycles. The molecule has 0 spiro atoms. The summed E-state index contributed by atoms with van der Waals surface area (Å²) in [5, 5.41) is 5.36. The van der Waals surface area contributed by atoms with Crippen LogP contribution >= 0.6 is 0 Å². The van der Waals surface area contributed by atoms with Crippen LogP contribution in [0.25, 0.3) is 10.8 Å². The Balaban J connectivity index is 2.07. The van der Waals surface area contributed by atoms with Crippen LogP contribution in [0.3, 0.4) is 0 Å². The van der Waals surface area contributed by atoms with Crippen molar-refractivity contribution in [2.75, 3.05) is 6.54 Å². The fraction of sp³-hybridized carbons (Fsp3) is 0.389. The van der Waals surface area contributed by atoms with Crippen molar-refractivity contribution in [1.82, 2.24) is 5.32 Å². The van der Waals surface area contributed by atoms with Gasteiger partial charge in [-0.05, 0) is 28.7 Å². The predicted octanol–water partition coefficient (Wildman–Crippen LogP) is 2.87. The van der Waals surface area contributed by atoms with Gasteiger partial charge in [-0.15, -0.1) is 0 Å². The van der Waals surface area contributed by atoms with E-state index in [-0.39, 0.29) is 11.9 Å². The summed E-state index contributed by atoms with van der Waals surface area (Å²) in [6, 6.07) is 14.3. The fourth-order valence-corrected chi connectivity index (χ4v) is 2.68. The van der Waals surface area contributed by atoms with Crippen molar-refractivity contribution in [3.05, 3.63) is 48.0 Å². The molecule has 2 aromatic carbocycles. The minimum Gasteiger partial charge on any atom is -0.352 e. The van der Waals surface area contributed by atoms with Gasteiger partial charge in [0.25, 0.3) is 0 Å². The van der Waals surface area contributed by atoms with Gasteiger partial charge in [-0.1, -0.05) is 56.3 Å². The first-order valence-electron chi connectivity index (χ1n) is 7.56. The van der Waals surface area contributed by atoms with Gasteiger partial charge in [0.1, 0.15) is 0 Å². The van der Waals surface area contributed by atoms with E-state index < -0.39 is 0 Å². The SMILES string of the molecule is CC(C)CC(CN)NC(=O)Cc1cccc2ccccc12. The molecule has 2 aromatic rings. The lowest BCUT2D eigenvalue weighted by Gasteiger charge is -2.19. The first-order chi connectivity index (χ1) is 10.1. The summed E-state index contributed by atoms with van der Waals surface area (Å²) in [4.78, 5) is 12.2. The number of nitrogens with two attached hydrogens (primary N) is 1. The van der Waals surface area contributed by atoms with Crippen LogP contribution in [-0.2, 0) is 11.2 Å². The fourth-order valence-electron chi connectivity index (χ4n) is 2.68. The zero-order valence-electron chi connectivity index (χ0n) is 12.8. The number of amides is 1. The summed E-state index contributed by atoms with van der Waals surface area (Å²) in [7, 11) is 0. The van der Waals surface area contributed by atoms with Gasteiger partial charge in [0.2, 0.25) is 5.91 Å². The third kappa shape index (κ3) is 4.30. The Morgan fingerprint density at radius 2 is 1.86 bits per heavy atom. The van der Waals surface area contributed by atoms with Crippen LogP contribution in [-0.4, -0.2) is 18.5 Å². The highest BCUT2D eigenvalue weighted by Crippen LogP contribution is 2.19. The molecule has 2 rings (SSSR count). The Kier molecular flexibility index (Phi) is 5.34. The maximum atomic E-state index is 12.2. The van der Waals surface area contributed by atoms with E-state index in [0.29, 0.717) is 18.9 Å². The lowest BCUT2D eigenvalue weighted by atomic mass is 10.0. The molecule has 0 heterocycles. The molecule has 0 aromatic heterocycles. The van der Waals surface area contributed by atoms with Crippen molar-refractivity contribution in [3.63, 3.8) is 0 Å². The molecule has 0 fully saturated rings. The largest absolute Gasteiger partial charge is 0.352 e. The molecule has 1 unspecified atom stereocenters. The molecule has 0 aliphatic carbocycles. The standard InChI is InChI=1S/C18H24N2O/c1-13(2)10-16(12-19)20-18(21)11-15-8-5-7-14-6-3-4-9-17(14)15/h3-9,13,16H,10-12,19H2,1-2H3,(H,20,21). The van der Waals surface area contributed by atoms with Crippen molar-refractivity contribution in [2.24, 2.45) is 11.7 Å². The van der Waals surface area contributed by atoms with Gasteiger partial charge in [0.05, 0.1) is 6.42 Å². The topological polar surface area (TPSA) is 55.1 Å². The molecule has 1 amide bonds. The van der Waals surface area contributed by atoms with Gasteiger partial charge in [0.15, 0.2) is 0 Å². The van der Waals surface area contributed by atoms with Gasteiger partial charge in [-0.3, -0.25) is 4.79 Å². The van der Waals surface area contributed by atoms with E-state index >= 15 is 0 Å². The molecule has 3 heteroatoms. The maximum absolute atomic E-state index is 12.2. The van der Waals surface area contributed by atoms with Crippen molar-refractivity contribution >= 4 is 16.7 Å². The molecule has 0 aliphatic rings. The molecule has 1 atom stereocenters. The van der Waals surface area contributed by atoms with Gasteiger partial charge in [-0.2, -0.15) is 0 Å². The molecule has 3 N–H and O–H groups in total. The summed E-state index contributed by atoms with van der Waals surface area (Å²) in [6.07, 6.45) is 1.31. The third-order valence-electron chi connectivity index (χ3n) is 3.64. The van der Waals surface area contributed by atoms with Crippen LogP contribution in [0.2, 0.25) is 0 Å². The average Bonchev–Trinajstić information content (AvgIpc) is 2.46. The summed E-state index contributed by atoms with van der Waals surface area (Å²) in [5.74, 6) is 0.568. The number of benzene rings is 2. The minimum atomic E-state index is 0.0439.